The van der Waals surface area contributed by atoms with Gasteiger partial charge >= 0.3 is 0 Å². The van der Waals surface area contributed by atoms with Gasteiger partial charge in [0.1, 0.15) is 0 Å². The largest absolute Gasteiger partial charge is 0.339 e. The molecular weight excluding hydrogens is 171 g/mol. The molecule has 0 aliphatic carbocycles. The van der Waals surface area contributed by atoms with Crippen LogP contribution in [0.3, 0.4) is 0 Å². The van der Waals surface area contributed by atoms with Crippen LogP contribution in [0.25, 0.3) is 0 Å². The Balaban J connectivity index is 2.13. The topological polar surface area (TPSA) is 55.0 Å². The summed E-state index contributed by atoms with van der Waals surface area (Å²) in [5.41, 5.74) is 5.72. The smallest absolute Gasteiger partial charge is 0.225 e. The molecule has 1 atom stereocenters. The quantitative estimate of drug-likeness (QED) is 0.671. The van der Waals surface area contributed by atoms with E-state index >= 15 is 0 Å². The second-order valence-electron chi connectivity index (χ2n) is 3.20. The number of anilines is 1. The van der Waals surface area contributed by atoms with E-state index in [0.717, 1.165) is 19.5 Å². The zero-order chi connectivity index (χ0) is 9.26. The average molecular weight is 182 g/mol. The van der Waals surface area contributed by atoms with Crippen molar-refractivity contribution in [3.8, 4) is 0 Å². The van der Waals surface area contributed by atoms with Crippen molar-refractivity contribution in [2.75, 3.05) is 18.0 Å². The first kappa shape index (κ1) is 8.37. The number of halogens is 1. The molecule has 0 unspecified atom stereocenters. The molecule has 4 nitrogen and oxygen atoms in total. The molecule has 0 bridgehead atoms. The van der Waals surface area contributed by atoms with Gasteiger partial charge < -0.3 is 10.6 Å². The van der Waals surface area contributed by atoms with E-state index < -0.39 is 5.82 Å². The summed E-state index contributed by atoms with van der Waals surface area (Å²) in [5.74, 6) is 0.154. The van der Waals surface area contributed by atoms with Crippen molar-refractivity contribution in [1.29, 1.82) is 0 Å². The molecule has 70 valence electrons. The predicted molar refractivity (Wildman–Crippen MR) is 46.8 cm³/mol. The third-order valence-corrected chi connectivity index (χ3v) is 2.11. The summed E-state index contributed by atoms with van der Waals surface area (Å²) in [7, 11) is 0. The standard InChI is InChI=1S/C8H11FN4/c9-6-3-11-8(12-4-6)13-2-1-7(10)5-13/h3-4,7H,1-2,5,10H2/t7-/m0/s1. The molecule has 0 amide bonds. The Morgan fingerprint density at radius 3 is 2.69 bits per heavy atom. The zero-order valence-corrected chi connectivity index (χ0v) is 7.15. The van der Waals surface area contributed by atoms with Crippen LogP contribution in [0, 0.1) is 5.82 Å². The van der Waals surface area contributed by atoms with Crippen molar-refractivity contribution in [2.45, 2.75) is 12.5 Å². The van der Waals surface area contributed by atoms with Gasteiger partial charge in [-0.1, -0.05) is 0 Å². The molecule has 1 fully saturated rings. The first-order chi connectivity index (χ1) is 6.25. The van der Waals surface area contributed by atoms with Crippen LogP contribution in [0.2, 0.25) is 0 Å². The van der Waals surface area contributed by atoms with E-state index in [1.165, 1.54) is 12.4 Å². The highest BCUT2D eigenvalue weighted by molar-refractivity contribution is 5.30. The summed E-state index contributed by atoms with van der Waals surface area (Å²) in [6, 6.07) is 0.189. The molecule has 2 N–H and O–H groups in total. The molecule has 2 rings (SSSR count). The number of nitrogens with two attached hydrogens (primary N) is 1. The molecule has 2 heterocycles. The fraction of sp³-hybridized carbons (Fsp3) is 0.500. The normalized spacial score (nSPS) is 22.3. The number of rotatable bonds is 1. The molecule has 13 heavy (non-hydrogen) atoms. The molecule has 5 heteroatoms. The zero-order valence-electron chi connectivity index (χ0n) is 7.15. The van der Waals surface area contributed by atoms with E-state index in [9.17, 15) is 4.39 Å². The first-order valence-electron chi connectivity index (χ1n) is 4.24. The lowest BCUT2D eigenvalue weighted by Crippen LogP contribution is -2.27. The van der Waals surface area contributed by atoms with Gasteiger partial charge in [-0.05, 0) is 6.42 Å². The van der Waals surface area contributed by atoms with E-state index in [0.29, 0.717) is 5.95 Å². The van der Waals surface area contributed by atoms with Crippen molar-refractivity contribution < 1.29 is 4.39 Å². The number of aromatic nitrogens is 2. The van der Waals surface area contributed by atoms with Gasteiger partial charge in [0.2, 0.25) is 5.95 Å². The van der Waals surface area contributed by atoms with Crippen LogP contribution < -0.4 is 10.6 Å². The van der Waals surface area contributed by atoms with Gasteiger partial charge in [0.25, 0.3) is 0 Å². The van der Waals surface area contributed by atoms with Crippen molar-refractivity contribution >= 4 is 5.95 Å². The summed E-state index contributed by atoms with van der Waals surface area (Å²) < 4.78 is 12.5. The second kappa shape index (κ2) is 3.26. The van der Waals surface area contributed by atoms with E-state index in [2.05, 4.69) is 9.97 Å². The SMILES string of the molecule is N[C@H]1CCN(c2ncc(F)cn2)C1. The Kier molecular flexibility index (Phi) is 2.10. The van der Waals surface area contributed by atoms with Crippen molar-refractivity contribution in [3.63, 3.8) is 0 Å². The molecule has 1 aromatic rings. The highest BCUT2D eigenvalue weighted by Crippen LogP contribution is 2.13. The summed E-state index contributed by atoms with van der Waals surface area (Å²) >= 11 is 0. The maximum absolute atomic E-state index is 12.5. The lowest BCUT2D eigenvalue weighted by atomic mass is 10.3. The fourth-order valence-electron chi connectivity index (χ4n) is 1.44. The Hall–Kier alpha value is -1.23. The lowest BCUT2D eigenvalue weighted by molar-refractivity contribution is 0.612. The van der Waals surface area contributed by atoms with Crippen LogP contribution in [0.4, 0.5) is 10.3 Å². The van der Waals surface area contributed by atoms with Gasteiger partial charge in [-0.15, -0.1) is 0 Å². The van der Waals surface area contributed by atoms with Crippen LogP contribution >= 0.6 is 0 Å². The Bertz CT molecular complexity index is 287. The van der Waals surface area contributed by atoms with Gasteiger partial charge in [0.05, 0.1) is 12.4 Å². The van der Waals surface area contributed by atoms with Crippen LogP contribution in [0.15, 0.2) is 12.4 Å². The molecule has 1 aliphatic heterocycles. The highest BCUT2D eigenvalue weighted by Gasteiger charge is 2.20. The third kappa shape index (κ3) is 1.75. The molecule has 0 radical (unpaired) electrons. The molecule has 0 spiro atoms. The Morgan fingerprint density at radius 2 is 2.15 bits per heavy atom. The molecule has 1 aliphatic rings. The van der Waals surface area contributed by atoms with Gasteiger partial charge in [0.15, 0.2) is 5.82 Å². The van der Waals surface area contributed by atoms with Gasteiger partial charge in [-0.3, -0.25) is 0 Å². The molecule has 1 aromatic heterocycles. The van der Waals surface area contributed by atoms with Gasteiger partial charge in [-0.2, -0.15) is 0 Å². The van der Waals surface area contributed by atoms with Gasteiger partial charge in [0, 0.05) is 19.1 Å². The van der Waals surface area contributed by atoms with Crippen LogP contribution in [-0.4, -0.2) is 29.1 Å². The molecule has 1 saturated heterocycles. The van der Waals surface area contributed by atoms with Crippen LogP contribution in [0.5, 0.6) is 0 Å². The predicted octanol–water partition coefficient (Wildman–Crippen LogP) is 0.153. The maximum atomic E-state index is 12.5. The lowest BCUT2D eigenvalue weighted by Gasteiger charge is -2.14. The minimum atomic E-state index is -0.410. The van der Waals surface area contributed by atoms with E-state index in [-0.39, 0.29) is 6.04 Å². The Morgan fingerprint density at radius 1 is 1.46 bits per heavy atom. The number of hydrogen-bond donors (Lipinski definition) is 1. The highest BCUT2D eigenvalue weighted by atomic mass is 19.1. The van der Waals surface area contributed by atoms with E-state index in [4.69, 9.17) is 5.73 Å². The minimum Gasteiger partial charge on any atom is -0.339 e. The minimum absolute atomic E-state index is 0.189. The summed E-state index contributed by atoms with van der Waals surface area (Å²) in [6.45, 7) is 1.61. The van der Waals surface area contributed by atoms with E-state index in [1.807, 2.05) is 4.90 Å². The molecule has 0 saturated carbocycles. The summed E-state index contributed by atoms with van der Waals surface area (Å²) in [6.07, 6.45) is 3.29. The summed E-state index contributed by atoms with van der Waals surface area (Å²) in [4.78, 5) is 9.72. The van der Waals surface area contributed by atoms with Crippen LogP contribution in [-0.2, 0) is 0 Å². The molecular formula is C8H11FN4. The van der Waals surface area contributed by atoms with Crippen molar-refractivity contribution in [2.24, 2.45) is 5.73 Å². The number of hydrogen-bond acceptors (Lipinski definition) is 4. The first-order valence-corrected chi connectivity index (χ1v) is 4.24. The van der Waals surface area contributed by atoms with Crippen molar-refractivity contribution in [1.82, 2.24) is 9.97 Å². The Labute approximate surface area is 75.6 Å². The van der Waals surface area contributed by atoms with Crippen molar-refractivity contribution in [3.05, 3.63) is 18.2 Å². The second-order valence-corrected chi connectivity index (χ2v) is 3.20. The maximum Gasteiger partial charge on any atom is 0.225 e. The molecule has 0 aromatic carbocycles. The fourth-order valence-corrected chi connectivity index (χ4v) is 1.44. The third-order valence-electron chi connectivity index (χ3n) is 2.11. The monoisotopic (exact) mass is 182 g/mol. The van der Waals surface area contributed by atoms with Crippen LogP contribution in [0.1, 0.15) is 6.42 Å². The average Bonchev–Trinajstić information content (AvgIpc) is 2.53. The van der Waals surface area contributed by atoms with E-state index in [1.54, 1.807) is 0 Å². The number of nitrogens with zero attached hydrogens (tertiary/aromatic N) is 3. The van der Waals surface area contributed by atoms with Gasteiger partial charge in [-0.25, -0.2) is 14.4 Å². The summed E-state index contributed by atoms with van der Waals surface area (Å²) in [5, 5.41) is 0.